The topological polar surface area (TPSA) is 45.2 Å². The first-order chi connectivity index (χ1) is 11.9. The van der Waals surface area contributed by atoms with Crippen molar-refractivity contribution in [3.8, 4) is 0 Å². The van der Waals surface area contributed by atoms with Crippen LogP contribution in [0.25, 0.3) is 0 Å². The van der Waals surface area contributed by atoms with E-state index in [0.29, 0.717) is 10.7 Å². The summed E-state index contributed by atoms with van der Waals surface area (Å²) in [7, 11) is 0. The third-order valence-electron chi connectivity index (χ3n) is 4.56. The van der Waals surface area contributed by atoms with Crippen molar-refractivity contribution in [2.75, 3.05) is 18.4 Å². The fourth-order valence-corrected chi connectivity index (χ4v) is 3.91. The molecular formula is C20H27N3OS. The number of nitrogens with zero attached hydrogens (tertiary/aromatic N) is 2. The van der Waals surface area contributed by atoms with Crippen molar-refractivity contribution < 1.29 is 4.79 Å². The second-order valence-electron chi connectivity index (χ2n) is 7.78. The number of carbonyl (C=O) groups is 1. The van der Waals surface area contributed by atoms with Gasteiger partial charge in [-0.2, -0.15) is 0 Å². The number of carbonyl (C=O) groups excluding carboxylic acids is 1. The lowest BCUT2D eigenvalue weighted by atomic mass is 9.93. The molecule has 0 aliphatic carbocycles. The van der Waals surface area contributed by atoms with Gasteiger partial charge in [-0.25, -0.2) is 4.98 Å². The summed E-state index contributed by atoms with van der Waals surface area (Å²) in [6.45, 7) is 9.70. The standard InChI is InChI=1S/C20H27N3OS/c1-20(2,3)17-14-25-19(21-17)22-18(24)16-9-7-15(8-10-16)13-23-11-5-4-6-12-23/h7-10,14H,4-6,11-13H2,1-3H3,(H,21,22,24). The van der Waals surface area contributed by atoms with Crippen molar-refractivity contribution >= 4 is 22.4 Å². The van der Waals surface area contributed by atoms with E-state index in [1.54, 1.807) is 0 Å². The van der Waals surface area contributed by atoms with Crippen LogP contribution in [-0.4, -0.2) is 28.9 Å². The Kier molecular flexibility index (Phi) is 5.54. The van der Waals surface area contributed by atoms with Gasteiger partial charge < -0.3 is 0 Å². The Labute approximate surface area is 154 Å². The van der Waals surface area contributed by atoms with Crippen LogP contribution in [0.15, 0.2) is 29.6 Å². The fraction of sp³-hybridized carbons (Fsp3) is 0.500. The molecule has 134 valence electrons. The van der Waals surface area contributed by atoms with E-state index in [1.165, 1.54) is 49.3 Å². The zero-order chi connectivity index (χ0) is 17.9. The Balaban J connectivity index is 1.59. The number of hydrogen-bond donors (Lipinski definition) is 1. The van der Waals surface area contributed by atoms with E-state index in [1.807, 2.05) is 17.5 Å². The van der Waals surface area contributed by atoms with E-state index < -0.39 is 0 Å². The number of piperidine rings is 1. The Morgan fingerprint density at radius 1 is 1.16 bits per heavy atom. The molecule has 2 heterocycles. The number of aromatic nitrogens is 1. The molecule has 0 bridgehead atoms. The number of rotatable bonds is 4. The summed E-state index contributed by atoms with van der Waals surface area (Å²) >= 11 is 1.48. The van der Waals surface area contributed by atoms with Gasteiger partial charge in [0.25, 0.3) is 5.91 Å². The Hall–Kier alpha value is -1.72. The molecule has 1 saturated heterocycles. The molecule has 1 N–H and O–H groups in total. The van der Waals surface area contributed by atoms with Crippen LogP contribution in [0, 0.1) is 0 Å². The molecule has 1 aliphatic rings. The Bertz CT molecular complexity index is 709. The normalized spacial score (nSPS) is 16.0. The molecule has 0 radical (unpaired) electrons. The second kappa shape index (κ2) is 7.67. The third-order valence-corrected chi connectivity index (χ3v) is 5.32. The molecule has 0 saturated carbocycles. The minimum absolute atomic E-state index is 0.00439. The number of likely N-dealkylation sites (tertiary alicyclic amines) is 1. The summed E-state index contributed by atoms with van der Waals surface area (Å²) in [6.07, 6.45) is 3.94. The van der Waals surface area contributed by atoms with E-state index in [2.05, 4.69) is 48.1 Å². The van der Waals surface area contributed by atoms with Gasteiger partial charge in [-0.1, -0.05) is 39.3 Å². The highest BCUT2D eigenvalue weighted by atomic mass is 32.1. The van der Waals surface area contributed by atoms with Crippen LogP contribution < -0.4 is 5.32 Å². The highest BCUT2D eigenvalue weighted by Gasteiger charge is 2.18. The van der Waals surface area contributed by atoms with Gasteiger partial charge in [-0.3, -0.25) is 15.0 Å². The zero-order valence-corrected chi connectivity index (χ0v) is 16.2. The van der Waals surface area contributed by atoms with Crippen molar-refractivity contribution in [3.05, 3.63) is 46.5 Å². The molecule has 0 atom stereocenters. The largest absolute Gasteiger partial charge is 0.299 e. The average Bonchev–Trinajstić information content (AvgIpc) is 3.05. The monoisotopic (exact) mass is 357 g/mol. The van der Waals surface area contributed by atoms with Crippen LogP contribution in [0.3, 0.4) is 0 Å². The van der Waals surface area contributed by atoms with Gasteiger partial charge in [0, 0.05) is 22.9 Å². The van der Waals surface area contributed by atoms with Gasteiger partial charge in [0.15, 0.2) is 5.13 Å². The summed E-state index contributed by atoms with van der Waals surface area (Å²) in [4.78, 5) is 19.4. The number of nitrogens with one attached hydrogen (secondary N) is 1. The van der Waals surface area contributed by atoms with Crippen LogP contribution in [0.5, 0.6) is 0 Å². The maximum atomic E-state index is 12.4. The first-order valence-electron chi connectivity index (χ1n) is 9.00. The molecule has 1 amide bonds. The molecule has 5 heteroatoms. The predicted molar refractivity (Wildman–Crippen MR) is 104 cm³/mol. The first kappa shape index (κ1) is 18.1. The molecule has 3 rings (SSSR count). The minimum atomic E-state index is -0.0978. The van der Waals surface area contributed by atoms with Crippen LogP contribution in [0.1, 0.15) is 61.6 Å². The summed E-state index contributed by atoms with van der Waals surface area (Å²) in [5, 5.41) is 5.58. The zero-order valence-electron chi connectivity index (χ0n) is 15.3. The minimum Gasteiger partial charge on any atom is -0.299 e. The second-order valence-corrected chi connectivity index (χ2v) is 8.63. The molecule has 1 aliphatic heterocycles. The maximum Gasteiger partial charge on any atom is 0.257 e. The average molecular weight is 358 g/mol. The van der Waals surface area contributed by atoms with Crippen LogP contribution in [-0.2, 0) is 12.0 Å². The predicted octanol–water partition coefficient (Wildman–Crippen LogP) is 4.68. The number of amides is 1. The smallest absolute Gasteiger partial charge is 0.257 e. The molecule has 0 spiro atoms. The molecule has 2 aromatic rings. The van der Waals surface area contributed by atoms with Gasteiger partial charge >= 0.3 is 0 Å². The maximum absolute atomic E-state index is 12.4. The fourth-order valence-electron chi connectivity index (χ4n) is 2.98. The SMILES string of the molecule is CC(C)(C)c1csc(NC(=O)c2ccc(CN3CCCCC3)cc2)n1. The van der Waals surface area contributed by atoms with Crippen molar-refractivity contribution in [1.82, 2.24) is 9.88 Å². The third kappa shape index (κ3) is 4.89. The van der Waals surface area contributed by atoms with E-state index in [0.717, 1.165) is 12.2 Å². The Morgan fingerprint density at radius 3 is 2.44 bits per heavy atom. The summed E-state index contributed by atoms with van der Waals surface area (Å²) < 4.78 is 0. The van der Waals surface area contributed by atoms with E-state index in [4.69, 9.17) is 0 Å². The number of hydrogen-bond acceptors (Lipinski definition) is 4. The molecule has 4 nitrogen and oxygen atoms in total. The van der Waals surface area contributed by atoms with Crippen molar-refractivity contribution in [1.29, 1.82) is 0 Å². The van der Waals surface area contributed by atoms with E-state index in [-0.39, 0.29) is 11.3 Å². The van der Waals surface area contributed by atoms with Gasteiger partial charge in [0.2, 0.25) is 0 Å². The quantitative estimate of drug-likeness (QED) is 0.864. The van der Waals surface area contributed by atoms with Crippen LogP contribution >= 0.6 is 11.3 Å². The van der Waals surface area contributed by atoms with Crippen molar-refractivity contribution in [2.45, 2.75) is 52.0 Å². The summed E-state index contributed by atoms with van der Waals surface area (Å²) in [5.41, 5.74) is 2.94. The first-order valence-corrected chi connectivity index (χ1v) is 9.88. The van der Waals surface area contributed by atoms with E-state index >= 15 is 0 Å². The van der Waals surface area contributed by atoms with Gasteiger partial charge in [0.05, 0.1) is 5.69 Å². The van der Waals surface area contributed by atoms with Crippen LogP contribution in [0.2, 0.25) is 0 Å². The van der Waals surface area contributed by atoms with Crippen molar-refractivity contribution in [3.63, 3.8) is 0 Å². The summed E-state index contributed by atoms with van der Waals surface area (Å²) in [5.74, 6) is -0.0978. The molecule has 25 heavy (non-hydrogen) atoms. The number of benzene rings is 1. The lowest BCUT2D eigenvalue weighted by Gasteiger charge is -2.26. The van der Waals surface area contributed by atoms with E-state index in [9.17, 15) is 4.79 Å². The van der Waals surface area contributed by atoms with Gasteiger partial charge in [-0.05, 0) is 43.6 Å². The molecular weight excluding hydrogens is 330 g/mol. The number of anilines is 1. The number of thiazole rings is 1. The van der Waals surface area contributed by atoms with Crippen LogP contribution in [0.4, 0.5) is 5.13 Å². The Morgan fingerprint density at radius 2 is 1.84 bits per heavy atom. The van der Waals surface area contributed by atoms with Gasteiger partial charge in [0.1, 0.15) is 0 Å². The molecule has 1 fully saturated rings. The van der Waals surface area contributed by atoms with Gasteiger partial charge in [-0.15, -0.1) is 11.3 Å². The molecule has 0 unspecified atom stereocenters. The lowest BCUT2D eigenvalue weighted by molar-refractivity contribution is 0.102. The highest BCUT2D eigenvalue weighted by molar-refractivity contribution is 7.14. The molecule has 1 aromatic heterocycles. The molecule has 1 aromatic carbocycles. The highest BCUT2D eigenvalue weighted by Crippen LogP contribution is 2.26. The lowest BCUT2D eigenvalue weighted by Crippen LogP contribution is -2.29. The van der Waals surface area contributed by atoms with Crippen molar-refractivity contribution in [2.24, 2.45) is 0 Å². The summed E-state index contributed by atoms with van der Waals surface area (Å²) in [6, 6.07) is 7.94.